The standard InChI is InChI=1S/C22H29NO/c1-16-13-17(2)15-18(14-16)23-22(24)21-19-11-9-7-5-3-4-6-8-10-12-20(19)21/h5-8,13-15,19-21H,3-4,9-12H2,1-2H3,(H,23,24)/b7-5+,8-6+/t19-,20+,21?. The summed E-state index contributed by atoms with van der Waals surface area (Å²) >= 11 is 0. The van der Waals surface area contributed by atoms with Gasteiger partial charge in [0.1, 0.15) is 0 Å². The van der Waals surface area contributed by atoms with Crippen molar-refractivity contribution < 1.29 is 4.79 Å². The molecule has 1 unspecified atom stereocenters. The Morgan fingerprint density at radius 1 is 0.833 bits per heavy atom. The van der Waals surface area contributed by atoms with Crippen molar-refractivity contribution in [3.8, 4) is 0 Å². The number of amides is 1. The van der Waals surface area contributed by atoms with Gasteiger partial charge in [0, 0.05) is 11.6 Å². The third-order valence-corrected chi connectivity index (χ3v) is 5.29. The molecule has 1 saturated carbocycles. The third kappa shape index (κ3) is 4.37. The van der Waals surface area contributed by atoms with Crippen molar-refractivity contribution in [1.82, 2.24) is 0 Å². The van der Waals surface area contributed by atoms with Crippen LogP contribution in [0.15, 0.2) is 42.5 Å². The summed E-state index contributed by atoms with van der Waals surface area (Å²) in [5, 5.41) is 3.16. The third-order valence-electron chi connectivity index (χ3n) is 5.29. The summed E-state index contributed by atoms with van der Waals surface area (Å²) in [4.78, 5) is 12.7. The highest BCUT2D eigenvalue weighted by Gasteiger charge is 2.52. The molecule has 0 bridgehead atoms. The normalized spacial score (nSPS) is 29.5. The molecule has 0 aromatic heterocycles. The fourth-order valence-corrected chi connectivity index (χ4v) is 4.13. The summed E-state index contributed by atoms with van der Waals surface area (Å²) in [6.07, 6.45) is 16.0. The molecule has 2 heteroatoms. The molecule has 1 fully saturated rings. The highest BCUT2D eigenvalue weighted by atomic mass is 16.2. The van der Waals surface area contributed by atoms with Gasteiger partial charge in [-0.3, -0.25) is 4.79 Å². The van der Waals surface area contributed by atoms with Gasteiger partial charge in [0.05, 0.1) is 0 Å². The van der Waals surface area contributed by atoms with Crippen LogP contribution in [0.3, 0.4) is 0 Å². The highest BCUT2D eigenvalue weighted by Crippen LogP contribution is 2.52. The van der Waals surface area contributed by atoms with Gasteiger partial charge >= 0.3 is 0 Å². The maximum Gasteiger partial charge on any atom is 0.228 e. The summed E-state index contributed by atoms with van der Waals surface area (Å²) in [7, 11) is 0. The summed E-state index contributed by atoms with van der Waals surface area (Å²) in [6, 6.07) is 6.26. The molecule has 1 N–H and O–H groups in total. The number of nitrogens with one attached hydrogen (secondary N) is 1. The highest BCUT2D eigenvalue weighted by molar-refractivity contribution is 5.95. The number of aryl methyl sites for hydroxylation is 2. The number of anilines is 1. The smallest absolute Gasteiger partial charge is 0.228 e. The van der Waals surface area contributed by atoms with Crippen molar-refractivity contribution in [1.29, 1.82) is 0 Å². The fraction of sp³-hybridized carbons (Fsp3) is 0.500. The monoisotopic (exact) mass is 323 g/mol. The average molecular weight is 323 g/mol. The lowest BCUT2D eigenvalue weighted by molar-refractivity contribution is -0.117. The van der Waals surface area contributed by atoms with Gasteiger partial charge in [-0.25, -0.2) is 0 Å². The van der Waals surface area contributed by atoms with E-state index < -0.39 is 0 Å². The number of hydrogen-bond donors (Lipinski definition) is 1. The first-order chi connectivity index (χ1) is 11.6. The van der Waals surface area contributed by atoms with E-state index in [1.54, 1.807) is 0 Å². The van der Waals surface area contributed by atoms with E-state index in [1.165, 1.54) is 11.1 Å². The molecule has 0 aliphatic heterocycles. The Bertz CT molecular complexity index is 599. The van der Waals surface area contributed by atoms with Gasteiger partial charge in [-0.05, 0) is 87.5 Å². The zero-order valence-electron chi connectivity index (χ0n) is 14.9. The second kappa shape index (κ2) is 7.83. The zero-order valence-corrected chi connectivity index (χ0v) is 14.9. The van der Waals surface area contributed by atoms with E-state index in [-0.39, 0.29) is 11.8 Å². The van der Waals surface area contributed by atoms with Gasteiger partial charge in [-0.1, -0.05) is 30.4 Å². The van der Waals surface area contributed by atoms with E-state index in [0.29, 0.717) is 11.8 Å². The molecule has 128 valence electrons. The van der Waals surface area contributed by atoms with E-state index in [0.717, 1.165) is 44.2 Å². The zero-order chi connectivity index (χ0) is 16.9. The van der Waals surface area contributed by atoms with Crippen LogP contribution < -0.4 is 5.32 Å². The van der Waals surface area contributed by atoms with Crippen LogP contribution in [-0.2, 0) is 4.79 Å². The molecule has 3 atom stereocenters. The summed E-state index contributed by atoms with van der Waals surface area (Å²) in [5.41, 5.74) is 3.34. The minimum Gasteiger partial charge on any atom is -0.326 e. The molecule has 0 spiro atoms. The van der Waals surface area contributed by atoms with E-state index in [9.17, 15) is 4.79 Å². The minimum absolute atomic E-state index is 0.202. The molecule has 2 aliphatic carbocycles. The molecular formula is C22H29NO. The summed E-state index contributed by atoms with van der Waals surface area (Å²) in [6.45, 7) is 4.15. The first-order valence-electron chi connectivity index (χ1n) is 9.34. The van der Waals surface area contributed by atoms with E-state index in [1.807, 2.05) is 0 Å². The predicted molar refractivity (Wildman–Crippen MR) is 101 cm³/mol. The first kappa shape index (κ1) is 17.0. The lowest BCUT2D eigenvalue weighted by Gasteiger charge is -2.07. The summed E-state index contributed by atoms with van der Waals surface area (Å²) < 4.78 is 0. The van der Waals surface area contributed by atoms with Crippen molar-refractivity contribution in [3.63, 3.8) is 0 Å². The maximum absolute atomic E-state index is 12.7. The Kier molecular flexibility index (Phi) is 5.55. The van der Waals surface area contributed by atoms with Crippen LogP contribution in [0, 0.1) is 31.6 Å². The number of allylic oxidation sites excluding steroid dienone is 4. The quantitative estimate of drug-likeness (QED) is 0.708. The number of benzene rings is 1. The van der Waals surface area contributed by atoms with Crippen LogP contribution in [0.1, 0.15) is 49.7 Å². The van der Waals surface area contributed by atoms with Crippen LogP contribution in [0.25, 0.3) is 0 Å². The van der Waals surface area contributed by atoms with Crippen LogP contribution in [0.4, 0.5) is 5.69 Å². The largest absolute Gasteiger partial charge is 0.326 e. The molecule has 1 aromatic rings. The second-order valence-corrected chi connectivity index (χ2v) is 7.39. The van der Waals surface area contributed by atoms with E-state index >= 15 is 0 Å². The second-order valence-electron chi connectivity index (χ2n) is 7.39. The fourth-order valence-electron chi connectivity index (χ4n) is 4.13. The number of rotatable bonds is 2. The van der Waals surface area contributed by atoms with Gasteiger partial charge in [0.25, 0.3) is 0 Å². The topological polar surface area (TPSA) is 29.1 Å². The Morgan fingerprint density at radius 3 is 1.88 bits per heavy atom. The average Bonchev–Trinajstić information content (AvgIpc) is 3.18. The molecule has 2 aliphatic rings. The Hall–Kier alpha value is -1.83. The van der Waals surface area contributed by atoms with Crippen molar-refractivity contribution in [2.24, 2.45) is 17.8 Å². The minimum atomic E-state index is 0.202. The molecule has 0 saturated heterocycles. The van der Waals surface area contributed by atoms with E-state index in [2.05, 4.69) is 61.7 Å². The van der Waals surface area contributed by atoms with Crippen molar-refractivity contribution in [2.45, 2.75) is 52.4 Å². The van der Waals surface area contributed by atoms with Crippen LogP contribution in [-0.4, -0.2) is 5.91 Å². The molecule has 1 aromatic carbocycles. The van der Waals surface area contributed by atoms with Gasteiger partial charge in [0.15, 0.2) is 0 Å². The van der Waals surface area contributed by atoms with Crippen molar-refractivity contribution in [3.05, 3.63) is 53.6 Å². The van der Waals surface area contributed by atoms with Gasteiger partial charge in [0.2, 0.25) is 5.91 Å². The Morgan fingerprint density at radius 2 is 1.33 bits per heavy atom. The molecular weight excluding hydrogens is 294 g/mol. The number of carbonyl (C=O) groups excluding carboxylic acids is 1. The van der Waals surface area contributed by atoms with Gasteiger partial charge in [-0.2, -0.15) is 0 Å². The number of carbonyl (C=O) groups is 1. The maximum atomic E-state index is 12.7. The van der Waals surface area contributed by atoms with Gasteiger partial charge in [-0.15, -0.1) is 0 Å². The lowest BCUT2D eigenvalue weighted by atomic mass is 10.1. The number of hydrogen-bond acceptors (Lipinski definition) is 1. The lowest BCUT2D eigenvalue weighted by Crippen LogP contribution is -2.16. The first-order valence-corrected chi connectivity index (χ1v) is 9.34. The Labute approximate surface area is 146 Å². The van der Waals surface area contributed by atoms with Crippen molar-refractivity contribution >= 4 is 11.6 Å². The molecule has 1 amide bonds. The number of fused-ring (bicyclic) bond motifs is 1. The van der Waals surface area contributed by atoms with Crippen LogP contribution in [0.5, 0.6) is 0 Å². The molecule has 0 radical (unpaired) electrons. The molecule has 3 rings (SSSR count). The molecule has 0 heterocycles. The van der Waals surface area contributed by atoms with E-state index in [4.69, 9.17) is 0 Å². The Balaban J connectivity index is 1.64. The predicted octanol–water partition coefficient (Wildman–Crippen LogP) is 5.57. The SMILES string of the molecule is Cc1cc(C)cc(NC(=O)C2[C@H]3CC/C=C/CC/C=C/CC[C@@H]23)c1. The molecule has 24 heavy (non-hydrogen) atoms. The molecule has 2 nitrogen and oxygen atoms in total. The van der Waals surface area contributed by atoms with Crippen LogP contribution >= 0.6 is 0 Å². The summed E-state index contributed by atoms with van der Waals surface area (Å²) in [5.74, 6) is 1.55. The van der Waals surface area contributed by atoms with Crippen molar-refractivity contribution in [2.75, 3.05) is 5.32 Å². The van der Waals surface area contributed by atoms with Crippen LogP contribution in [0.2, 0.25) is 0 Å². The van der Waals surface area contributed by atoms with Gasteiger partial charge < -0.3 is 5.32 Å².